The Kier molecular flexibility index (Phi) is 4.37. The van der Waals surface area contributed by atoms with Crippen LogP contribution in [0.1, 0.15) is 0 Å². The van der Waals surface area contributed by atoms with Crippen LogP contribution in [-0.2, 0) is 10.8 Å². The van der Waals surface area contributed by atoms with E-state index < -0.39 is 23.6 Å². The second-order valence-corrected chi connectivity index (χ2v) is 5.18. The normalized spacial score (nSPS) is 13.6. The fourth-order valence-corrected chi connectivity index (χ4v) is 1.83. The Balaban J connectivity index is 2.86. The second kappa shape index (κ2) is 5.18. The van der Waals surface area contributed by atoms with Crippen LogP contribution in [0.3, 0.4) is 0 Å². The molecule has 2 nitrogen and oxygen atoms in total. The fraction of sp³-hybridized carbons (Fsp3) is 0.333. The molecule has 0 N–H and O–H groups in total. The zero-order valence-corrected chi connectivity index (χ0v) is 10.6. The van der Waals surface area contributed by atoms with Crippen molar-refractivity contribution < 1.29 is 22.1 Å². The molecule has 0 heterocycles. The molecule has 90 valence electrons. The lowest BCUT2D eigenvalue weighted by molar-refractivity contribution is -0.153. The summed E-state index contributed by atoms with van der Waals surface area (Å²) in [7, 11) is -1.25. The molecular weight excluding hydrogens is 309 g/mol. The van der Waals surface area contributed by atoms with E-state index in [2.05, 4.69) is 20.7 Å². The van der Waals surface area contributed by atoms with E-state index in [-0.39, 0.29) is 5.75 Å². The Morgan fingerprint density at radius 1 is 1.44 bits per heavy atom. The highest BCUT2D eigenvalue weighted by Crippen LogP contribution is 2.28. The van der Waals surface area contributed by atoms with Crippen LogP contribution in [-0.4, -0.2) is 23.2 Å². The van der Waals surface area contributed by atoms with E-state index >= 15 is 0 Å². The summed E-state index contributed by atoms with van der Waals surface area (Å²) in [6.07, 6.45) is -2.95. The first kappa shape index (κ1) is 13.5. The highest BCUT2D eigenvalue weighted by molar-refractivity contribution is 9.10. The number of ether oxygens (including phenoxy) is 1. The van der Waals surface area contributed by atoms with E-state index in [0.717, 1.165) is 0 Å². The Hall–Kier alpha value is -0.560. The monoisotopic (exact) mass is 316 g/mol. The topological polar surface area (TPSA) is 26.3 Å². The number of alkyl halides is 3. The van der Waals surface area contributed by atoms with Crippen LogP contribution in [0.15, 0.2) is 27.6 Å². The number of benzene rings is 1. The Labute approximate surface area is 101 Å². The van der Waals surface area contributed by atoms with Gasteiger partial charge in [0.1, 0.15) is 5.75 Å². The van der Waals surface area contributed by atoms with Gasteiger partial charge in [-0.2, -0.15) is 13.2 Å². The molecule has 0 aromatic heterocycles. The summed E-state index contributed by atoms with van der Waals surface area (Å²) in [6.45, 7) is -1.37. The molecule has 0 fully saturated rings. The predicted molar refractivity (Wildman–Crippen MR) is 58.0 cm³/mol. The minimum Gasteiger partial charge on any atom is -0.483 e. The van der Waals surface area contributed by atoms with Crippen molar-refractivity contribution in [2.24, 2.45) is 0 Å². The van der Waals surface area contributed by atoms with Crippen molar-refractivity contribution in [1.82, 2.24) is 0 Å². The average Bonchev–Trinajstić information content (AvgIpc) is 2.14. The molecule has 0 radical (unpaired) electrons. The van der Waals surface area contributed by atoms with Crippen LogP contribution in [0, 0.1) is 0 Å². The first-order valence-electron chi connectivity index (χ1n) is 4.12. The summed E-state index contributed by atoms with van der Waals surface area (Å²) in [6, 6.07) is 4.38. The van der Waals surface area contributed by atoms with Crippen molar-refractivity contribution in [2.45, 2.75) is 11.1 Å². The van der Waals surface area contributed by atoms with Crippen molar-refractivity contribution in [3.05, 3.63) is 22.7 Å². The van der Waals surface area contributed by atoms with E-state index in [1.54, 1.807) is 6.07 Å². The van der Waals surface area contributed by atoms with Crippen molar-refractivity contribution >= 4 is 26.7 Å². The summed E-state index contributed by atoms with van der Waals surface area (Å²) >= 11 is 3.06. The quantitative estimate of drug-likeness (QED) is 0.856. The van der Waals surface area contributed by atoms with Crippen molar-refractivity contribution in [3.63, 3.8) is 0 Å². The molecule has 1 aromatic carbocycles. The fourth-order valence-electron chi connectivity index (χ4n) is 0.933. The smallest absolute Gasteiger partial charge is 0.422 e. The molecule has 1 rings (SSSR count). The maximum atomic E-state index is 11.9. The van der Waals surface area contributed by atoms with E-state index in [0.29, 0.717) is 9.37 Å². The minimum absolute atomic E-state index is 0.0324. The predicted octanol–water partition coefficient (Wildman–Crippen LogP) is 3.13. The molecule has 1 atom stereocenters. The molecule has 16 heavy (non-hydrogen) atoms. The van der Waals surface area contributed by atoms with Gasteiger partial charge >= 0.3 is 6.18 Å². The van der Waals surface area contributed by atoms with Gasteiger partial charge in [0.2, 0.25) is 0 Å². The Morgan fingerprint density at radius 3 is 2.56 bits per heavy atom. The number of hydrogen-bond donors (Lipinski definition) is 0. The van der Waals surface area contributed by atoms with Crippen LogP contribution < -0.4 is 4.74 Å². The second-order valence-electron chi connectivity index (χ2n) is 2.95. The molecule has 0 saturated heterocycles. The van der Waals surface area contributed by atoms with Gasteiger partial charge in [0.05, 0.1) is 4.47 Å². The molecule has 0 bridgehead atoms. The Bertz CT molecular complexity index is 406. The third-order valence-electron chi connectivity index (χ3n) is 1.63. The first-order chi connectivity index (χ1) is 7.29. The Morgan fingerprint density at radius 2 is 2.06 bits per heavy atom. The molecule has 1 unspecified atom stereocenters. The maximum Gasteiger partial charge on any atom is 0.422 e. The molecule has 0 amide bonds. The highest BCUT2D eigenvalue weighted by atomic mass is 79.9. The summed E-state index contributed by atoms with van der Waals surface area (Å²) < 4.78 is 51.9. The van der Waals surface area contributed by atoms with Gasteiger partial charge in [-0.05, 0) is 34.1 Å². The van der Waals surface area contributed by atoms with E-state index in [1.807, 2.05) is 0 Å². The molecule has 0 saturated carbocycles. The van der Waals surface area contributed by atoms with Crippen LogP contribution in [0.25, 0.3) is 0 Å². The van der Waals surface area contributed by atoms with Gasteiger partial charge in [0, 0.05) is 22.0 Å². The van der Waals surface area contributed by atoms with Gasteiger partial charge in [0.15, 0.2) is 6.61 Å². The third kappa shape index (κ3) is 4.13. The zero-order valence-electron chi connectivity index (χ0n) is 8.18. The SMILES string of the molecule is CS(=O)c1ccc(Br)c(OCC(F)(F)F)c1. The highest BCUT2D eigenvalue weighted by Gasteiger charge is 2.28. The van der Waals surface area contributed by atoms with Gasteiger partial charge in [-0.15, -0.1) is 0 Å². The van der Waals surface area contributed by atoms with E-state index in [1.165, 1.54) is 18.4 Å². The third-order valence-corrected chi connectivity index (χ3v) is 3.20. The number of hydrogen-bond acceptors (Lipinski definition) is 2. The first-order valence-corrected chi connectivity index (χ1v) is 6.47. The van der Waals surface area contributed by atoms with Crippen molar-refractivity contribution in [1.29, 1.82) is 0 Å². The lowest BCUT2D eigenvalue weighted by atomic mass is 10.3. The molecular formula is C9H8BrF3O2S. The van der Waals surface area contributed by atoms with E-state index in [9.17, 15) is 17.4 Å². The molecule has 0 aliphatic rings. The molecule has 0 aliphatic heterocycles. The van der Waals surface area contributed by atoms with Crippen molar-refractivity contribution in [3.8, 4) is 5.75 Å². The zero-order chi connectivity index (χ0) is 12.3. The molecule has 0 spiro atoms. The number of halogens is 4. The molecule has 0 aliphatic carbocycles. The molecule has 7 heteroatoms. The standard InChI is InChI=1S/C9H8BrF3O2S/c1-16(14)6-2-3-7(10)8(4-6)15-5-9(11,12)13/h2-4H,5H2,1H3. The minimum atomic E-state index is -4.39. The number of rotatable bonds is 3. The summed E-state index contributed by atoms with van der Waals surface area (Å²) in [4.78, 5) is 0.417. The maximum absolute atomic E-state index is 11.9. The summed E-state index contributed by atoms with van der Waals surface area (Å²) in [5, 5.41) is 0. The lowest BCUT2D eigenvalue weighted by Gasteiger charge is -2.11. The largest absolute Gasteiger partial charge is 0.483 e. The van der Waals surface area contributed by atoms with Crippen LogP contribution in [0.4, 0.5) is 13.2 Å². The lowest BCUT2D eigenvalue weighted by Crippen LogP contribution is -2.19. The van der Waals surface area contributed by atoms with Crippen molar-refractivity contribution in [2.75, 3.05) is 12.9 Å². The van der Waals surface area contributed by atoms with Gasteiger partial charge in [-0.1, -0.05) is 0 Å². The molecule has 1 aromatic rings. The van der Waals surface area contributed by atoms with E-state index in [4.69, 9.17) is 0 Å². The van der Waals surface area contributed by atoms with Gasteiger partial charge in [0.25, 0.3) is 0 Å². The average molecular weight is 317 g/mol. The summed E-state index contributed by atoms with van der Waals surface area (Å²) in [5.41, 5.74) is 0. The summed E-state index contributed by atoms with van der Waals surface area (Å²) in [5.74, 6) is 0.0324. The van der Waals surface area contributed by atoms with Gasteiger partial charge < -0.3 is 4.74 Å². The van der Waals surface area contributed by atoms with Crippen LogP contribution >= 0.6 is 15.9 Å². The van der Waals surface area contributed by atoms with Gasteiger partial charge in [-0.3, -0.25) is 4.21 Å². The van der Waals surface area contributed by atoms with Gasteiger partial charge in [-0.25, -0.2) is 0 Å². The van der Waals surface area contributed by atoms with Crippen LogP contribution in [0.2, 0.25) is 0 Å². The van der Waals surface area contributed by atoms with Crippen LogP contribution in [0.5, 0.6) is 5.75 Å².